The summed E-state index contributed by atoms with van der Waals surface area (Å²) in [5, 5.41) is 13.6. The molecule has 0 spiro atoms. The Morgan fingerprint density at radius 1 is 1.00 bits per heavy atom. The van der Waals surface area contributed by atoms with E-state index in [2.05, 4.69) is 15.0 Å². The molecule has 39 heavy (non-hydrogen) atoms. The molecule has 0 unspecified atom stereocenters. The van der Waals surface area contributed by atoms with Gasteiger partial charge < -0.3 is 20.5 Å². The molecule has 1 heterocycles. The van der Waals surface area contributed by atoms with Gasteiger partial charge in [-0.3, -0.25) is 9.36 Å². The molecule has 3 N–H and O–H groups in total. The summed E-state index contributed by atoms with van der Waals surface area (Å²) in [6.07, 6.45) is -12.8. The zero-order chi connectivity index (χ0) is 29.0. The zero-order valence-electron chi connectivity index (χ0n) is 19.4. The van der Waals surface area contributed by atoms with Crippen molar-refractivity contribution < 1.29 is 41.0 Å². The van der Waals surface area contributed by atoms with Crippen LogP contribution >= 0.6 is 11.6 Å². The fraction of sp³-hybridized carbons (Fsp3) is 0.273. The van der Waals surface area contributed by atoms with Gasteiger partial charge in [0.2, 0.25) is 11.9 Å². The fourth-order valence-electron chi connectivity index (χ4n) is 3.01. The Kier molecular flexibility index (Phi) is 8.91. The van der Waals surface area contributed by atoms with Gasteiger partial charge in [-0.25, -0.2) is 14.2 Å². The first kappa shape index (κ1) is 29.5. The minimum Gasteiger partial charge on any atom is -0.455 e. The number of amides is 1. The number of aliphatic hydroxyl groups excluding tert-OH is 1. The monoisotopic (exact) mass is 581 g/mol. The van der Waals surface area contributed by atoms with Crippen molar-refractivity contribution in [3.63, 3.8) is 0 Å². The van der Waals surface area contributed by atoms with Gasteiger partial charge in [0.05, 0.1) is 6.54 Å². The summed E-state index contributed by atoms with van der Waals surface area (Å²) in [5.74, 6) is -1.96. The van der Waals surface area contributed by atoms with Crippen LogP contribution in [0, 0.1) is 0 Å². The van der Waals surface area contributed by atoms with Gasteiger partial charge in [0, 0.05) is 10.7 Å². The first-order valence-corrected chi connectivity index (χ1v) is 11.1. The summed E-state index contributed by atoms with van der Waals surface area (Å²) in [6, 6.07) is 10.6. The SMILES string of the molecule is O=C(Cn1c(=O)nc(Nc2ccc(O[C@H](O)C(F)(F)F)cc2)n(Cc2ccc(Cl)cc2)c1=O)NCC(F)(F)F. The summed E-state index contributed by atoms with van der Waals surface area (Å²) >= 11 is 5.87. The van der Waals surface area contributed by atoms with Crippen molar-refractivity contribution in [2.24, 2.45) is 0 Å². The Morgan fingerprint density at radius 3 is 2.18 bits per heavy atom. The predicted molar refractivity (Wildman–Crippen MR) is 125 cm³/mol. The van der Waals surface area contributed by atoms with Gasteiger partial charge in [-0.2, -0.15) is 31.3 Å². The zero-order valence-corrected chi connectivity index (χ0v) is 20.1. The van der Waals surface area contributed by atoms with Gasteiger partial charge in [0.15, 0.2) is 0 Å². The van der Waals surface area contributed by atoms with Crippen LogP contribution in [0.4, 0.5) is 38.0 Å². The quantitative estimate of drug-likeness (QED) is 0.262. The lowest BCUT2D eigenvalue weighted by Crippen LogP contribution is -2.46. The Hall–Kier alpha value is -4.05. The van der Waals surface area contributed by atoms with E-state index in [-0.39, 0.29) is 23.9 Å². The molecule has 0 saturated carbocycles. The summed E-state index contributed by atoms with van der Waals surface area (Å²) in [5.41, 5.74) is -1.74. The molecule has 0 aliphatic rings. The molecule has 0 radical (unpaired) electrons. The molecule has 1 aromatic heterocycles. The molecular weight excluding hydrogens is 564 g/mol. The van der Waals surface area contributed by atoms with E-state index in [4.69, 9.17) is 16.7 Å². The number of nitrogens with zero attached hydrogens (tertiary/aromatic N) is 3. The van der Waals surface area contributed by atoms with Crippen molar-refractivity contribution in [2.45, 2.75) is 31.7 Å². The van der Waals surface area contributed by atoms with Crippen LogP contribution in [0.2, 0.25) is 5.02 Å². The second-order valence-corrected chi connectivity index (χ2v) is 8.29. The molecule has 1 amide bonds. The van der Waals surface area contributed by atoms with Crippen LogP contribution in [0.25, 0.3) is 0 Å². The maximum atomic E-state index is 13.1. The highest BCUT2D eigenvalue weighted by Gasteiger charge is 2.40. The maximum Gasteiger partial charge on any atom is 0.452 e. The highest BCUT2D eigenvalue weighted by Crippen LogP contribution is 2.25. The number of anilines is 2. The van der Waals surface area contributed by atoms with Gasteiger partial charge in [-0.1, -0.05) is 23.7 Å². The number of nitrogens with one attached hydrogen (secondary N) is 2. The van der Waals surface area contributed by atoms with Gasteiger partial charge in [0.25, 0.3) is 6.29 Å². The average molecular weight is 582 g/mol. The van der Waals surface area contributed by atoms with Crippen LogP contribution in [0.5, 0.6) is 5.75 Å². The van der Waals surface area contributed by atoms with Gasteiger partial charge in [-0.15, -0.1) is 0 Å². The number of hydrogen-bond donors (Lipinski definition) is 3. The topological polar surface area (TPSA) is 127 Å². The van der Waals surface area contributed by atoms with E-state index < -0.39 is 49.0 Å². The molecule has 3 aromatic rings. The summed E-state index contributed by atoms with van der Waals surface area (Å²) in [4.78, 5) is 41.3. The molecule has 0 bridgehead atoms. The minimum atomic E-state index is -5.02. The standard InChI is InChI=1S/C22H18ClF6N5O5/c23-13-3-1-12(2-4-13)9-33-18(31-14-5-7-15(8-6-14)39-17(36)22(27,28)29)32-19(37)34(20(33)38)10-16(35)30-11-21(24,25)26/h1-8,17,36H,9-11H2,(H,30,35)(H,31,32,37)/t17-/m0/s1. The molecule has 2 aromatic carbocycles. The molecule has 0 saturated heterocycles. The molecule has 17 heteroatoms. The number of aromatic nitrogens is 3. The number of benzene rings is 2. The Balaban J connectivity index is 1.93. The molecule has 0 aliphatic carbocycles. The number of hydrogen-bond acceptors (Lipinski definition) is 7. The highest BCUT2D eigenvalue weighted by molar-refractivity contribution is 6.30. The van der Waals surface area contributed by atoms with Crippen molar-refractivity contribution in [3.05, 3.63) is 80.1 Å². The molecule has 210 valence electrons. The van der Waals surface area contributed by atoms with Crippen LogP contribution in [0.3, 0.4) is 0 Å². The lowest BCUT2D eigenvalue weighted by Gasteiger charge is -2.17. The molecule has 0 aliphatic heterocycles. The third-order valence-electron chi connectivity index (χ3n) is 4.83. The first-order chi connectivity index (χ1) is 18.1. The van der Waals surface area contributed by atoms with Crippen LogP contribution < -0.4 is 26.7 Å². The van der Waals surface area contributed by atoms with Gasteiger partial charge >= 0.3 is 23.7 Å². The molecule has 1 atom stereocenters. The minimum absolute atomic E-state index is 0.126. The third-order valence-corrected chi connectivity index (χ3v) is 5.08. The second-order valence-electron chi connectivity index (χ2n) is 7.85. The predicted octanol–water partition coefficient (Wildman–Crippen LogP) is 2.79. The number of carbonyl (C=O) groups excluding carboxylic acids is 1. The van der Waals surface area contributed by atoms with Crippen molar-refractivity contribution in [1.82, 2.24) is 19.4 Å². The van der Waals surface area contributed by atoms with E-state index in [0.717, 1.165) is 16.7 Å². The van der Waals surface area contributed by atoms with E-state index in [1.54, 1.807) is 17.4 Å². The van der Waals surface area contributed by atoms with Gasteiger partial charge in [-0.05, 0) is 42.0 Å². The molecule has 10 nitrogen and oxygen atoms in total. The number of carbonyl (C=O) groups is 1. The number of aliphatic hydroxyl groups is 1. The lowest BCUT2D eigenvalue weighted by atomic mass is 10.2. The maximum absolute atomic E-state index is 13.1. The molecule has 0 fully saturated rings. The van der Waals surface area contributed by atoms with E-state index in [1.165, 1.54) is 24.3 Å². The van der Waals surface area contributed by atoms with E-state index >= 15 is 0 Å². The Bertz CT molecular complexity index is 1420. The largest absolute Gasteiger partial charge is 0.455 e. The summed E-state index contributed by atoms with van der Waals surface area (Å²) in [6.45, 7) is -2.95. The fourth-order valence-corrected chi connectivity index (χ4v) is 3.14. The smallest absolute Gasteiger partial charge is 0.452 e. The normalized spacial score (nSPS) is 12.6. The van der Waals surface area contributed by atoms with E-state index in [9.17, 15) is 40.7 Å². The average Bonchev–Trinajstić information content (AvgIpc) is 2.84. The van der Waals surface area contributed by atoms with Crippen molar-refractivity contribution in [3.8, 4) is 5.75 Å². The third kappa shape index (κ3) is 8.47. The number of rotatable bonds is 9. The number of ether oxygens (including phenoxy) is 1. The second kappa shape index (κ2) is 11.8. The Morgan fingerprint density at radius 2 is 1.62 bits per heavy atom. The lowest BCUT2D eigenvalue weighted by molar-refractivity contribution is -0.264. The number of alkyl halides is 6. The van der Waals surface area contributed by atoms with Crippen molar-refractivity contribution in [2.75, 3.05) is 11.9 Å². The van der Waals surface area contributed by atoms with Crippen LogP contribution in [-0.4, -0.2) is 50.3 Å². The van der Waals surface area contributed by atoms with Crippen LogP contribution in [0.1, 0.15) is 5.56 Å². The number of halogens is 7. The van der Waals surface area contributed by atoms with Crippen LogP contribution in [0.15, 0.2) is 58.1 Å². The van der Waals surface area contributed by atoms with Gasteiger partial charge in [0.1, 0.15) is 18.8 Å². The summed E-state index contributed by atoms with van der Waals surface area (Å²) < 4.78 is 80.3. The van der Waals surface area contributed by atoms with E-state index in [0.29, 0.717) is 15.2 Å². The Labute approximate surface area is 219 Å². The van der Waals surface area contributed by atoms with Crippen LogP contribution in [-0.2, 0) is 17.9 Å². The van der Waals surface area contributed by atoms with Crippen molar-refractivity contribution in [1.29, 1.82) is 0 Å². The summed E-state index contributed by atoms with van der Waals surface area (Å²) in [7, 11) is 0. The van der Waals surface area contributed by atoms with Crippen molar-refractivity contribution >= 4 is 29.1 Å². The first-order valence-electron chi connectivity index (χ1n) is 10.7. The van der Waals surface area contributed by atoms with E-state index in [1.807, 2.05) is 0 Å². The molecular formula is C22H18ClF6N5O5. The molecule has 3 rings (SSSR count). The highest BCUT2D eigenvalue weighted by atomic mass is 35.5.